The van der Waals surface area contributed by atoms with Crippen molar-refractivity contribution in [3.8, 4) is 11.3 Å². The third kappa shape index (κ3) is 4.69. The Labute approximate surface area is 184 Å². The molecular weight excluding hydrogens is 416 g/mol. The largest absolute Gasteiger partial charge is 0.361 e. The molecule has 3 aromatic rings. The summed E-state index contributed by atoms with van der Waals surface area (Å²) in [6, 6.07) is 14.7. The van der Waals surface area contributed by atoms with E-state index in [-0.39, 0.29) is 30.5 Å². The molecule has 0 spiro atoms. The lowest BCUT2D eigenvalue weighted by Gasteiger charge is -2.21. The molecule has 6 nitrogen and oxygen atoms in total. The van der Waals surface area contributed by atoms with E-state index in [1.165, 1.54) is 11.0 Å². The van der Waals surface area contributed by atoms with Crippen molar-refractivity contribution >= 4 is 17.5 Å². The maximum atomic E-state index is 14.1. The maximum absolute atomic E-state index is 14.1. The van der Waals surface area contributed by atoms with Gasteiger partial charge in [-0.15, -0.1) is 0 Å². The topological polar surface area (TPSA) is 66.7 Å². The predicted molar refractivity (Wildman–Crippen MR) is 115 cm³/mol. The normalized spacial score (nSPS) is 15.9. The third-order valence-corrected chi connectivity index (χ3v) is 5.60. The Balaban J connectivity index is 1.30. The van der Waals surface area contributed by atoms with Crippen LogP contribution in [0.1, 0.15) is 18.6 Å². The van der Waals surface area contributed by atoms with Gasteiger partial charge in [0.1, 0.15) is 23.1 Å². The van der Waals surface area contributed by atoms with Gasteiger partial charge in [-0.3, -0.25) is 9.59 Å². The first-order valence-electron chi connectivity index (χ1n) is 10.4. The van der Waals surface area contributed by atoms with Crippen LogP contribution < -0.4 is 4.90 Å². The van der Waals surface area contributed by atoms with Gasteiger partial charge in [0, 0.05) is 50.7 Å². The molecule has 166 valence electrons. The van der Waals surface area contributed by atoms with E-state index >= 15 is 0 Å². The molecule has 2 aromatic carbocycles. The standard InChI is InChI=1S/C24H23F2N3O3/c1-28(11-5-8-19-14-21(27-32-19)16-6-3-2-4-7-16)24(31)17-12-23(30)29(15-17)22-10-9-18(25)13-20(22)26/h2-4,6-7,9-10,13-14,17H,5,8,11-12,15H2,1H3. The van der Waals surface area contributed by atoms with Crippen LogP contribution in [0.3, 0.4) is 0 Å². The molecule has 4 rings (SSSR count). The summed E-state index contributed by atoms with van der Waals surface area (Å²) in [6.45, 7) is 0.558. The quantitative estimate of drug-likeness (QED) is 0.557. The first-order valence-corrected chi connectivity index (χ1v) is 10.4. The van der Waals surface area contributed by atoms with Crippen molar-refractivity contribution in [3.63, 3.8) is 0 Å². The summed E-state index contributed by atoms with van der Waals surface area (Å²) in [6.07, 6.45) is 1.29. The molecule has 8 heteroatoms. The van der Waals surface area contributed by atoms with E-state index in [4.69, 9.17) is 4.52 Å². The van der Waals surface area contributed by atoms with E-state index < -0.39 is 17.6 Å². The Morgan fingerprint density at radius 1 is 1.19 bits per heavy atom. The van der Waals surface area contributed by atoms with Crippen LogP contribution in [0.25, 0.3) is 11.3 Å². The van der Waals surface area contributed by atoms with Gasteiger partial charge in [0.15, 0.2) is 0 Å². The highest BCUT2D eigenvalue weighted by molar-refractivity contribution is 6.00. The van der Waals surface area contributed by atoms with E-state index in [0.29, 0.717) is 19.4 Å². The molecule has 0 bridgehead atoms. The second kappa shape index (κ2) is 9.30. The fourth-order valence-electron chi connectivity index (χ4n) is 3.89. The predicted octanol–water partition coefficient (Wildman–Crippen LogP) is 4.06. The van der Waals surface area contributed by atoms with Crippen molar-refractivity contribution in [2.75, 3.05) is 25.0 Å². The van der Waals surface area contributed by atoms with Gasteiger partial charge in [-0.05, 0) is 18.6 Å². The highest BCUT2D eigenvalue weighted by Crippen LogP contribution is 2.29. The number of nitrogens with zero attached hydrogens (tertiary/aromatic N) is 3. The molecule has 2 heterocycles. The lowest BCUT2D eigenvalue weighted by Crippen LogP contribution is -2.35. The maximum Gasteiger partial charge on any atom is 0.227 e. The zero-order valence-electron chi connectivity index (χ0n) is 17.6. The Morgan fingerprint density at radius 3 is 2.72 bits per heavy atom. The van der Waals surface area contributed by atoms with Crippen molar-refractivity contribution in [1.82, 2.24) is 10.1 Å². The number of carbonyl (C=O) groups excluding carboxylic acids is 2. The Bertz CT molecular complexity index is 1120. The molecular formula is C24H23F2N3O3. The summed E-state index contributed by atoms with van der Waals surface area (Å²) in [5, 5.41) is 4.09. The van der Waals surface area contributed by atoms with Crippen LogP contribution >= 0.6 is 0 Å². The zero-order valence-corrected chi connectivity index (χ0v) is 17.6. The number of anilines is 1. The minimum absolute atomic E-state index is 0.00251. The number of halogens is 2. The number of amides is 2. The molecule has 1 aromatic heterocycles. The van der Waals surface area contributed by atoms with Crippen LogP contribution in [-0.4, -0.2) is 42.0 Å². The minimum Gasteiger partial charge on any atom is -0.361 e. The third-order valence-electron chi connectivity index (χ3n) is 5.60. The van der Waals surface area contributed by atoms with E-state index in [9.17, 15) is 18.4 Å². The number of rotatable bonds is 7. The van der Waals surface area contributed by atoms with E-state index in [2.05, 4.69) is 5.16 Å². The lowest BCUT2D eigenvalue weighted by atomic mass is 10.1. The molecule has 0 saturated carbocycles. The van der Waals surface area contributed by atoms with Crippen molar-refractivity contribution in [3.05, 3.63) is 72.0 Å². The minimum atomic E-state index is -0.818. The smallest absolute Gasteiger partial charge is 0.227 e. The van der Waals surface area contributed by atoms with Crippen LogP contribution in [0.15, 0.2) is 59.1 Å². The molecule has 0 aliphatic carbocycles. The summed E-state index contributed by atoms with van der Waals surface area (Å²) in [4.78, 5) is 27.9. The number of aromatic nitrogens is 1. The van der Waals surface area contributed by atoms with Gasteiger partial charge in [0.05, 0.1) is 11.6 Å². The molecule has 1 saturated heterocycles. The average molecular weight is 439 g/mol. The molecule has 1 fully saturated rings. The Kier molecular flexibility index (Phi) is 6.30. The molecule has 0 N–H and O–H groups in total. The molecule has 1 unspecified atom stereocenters. The molecule has 32 heavy (non-hydrogen) atoms. The van der Waals surface area contributed by atoms with Crippen LogP contribution in [0, 0.1) is 17.6 Å². The fraction of sp³-hybridized carbons (Fsp3) is 0.292. The van der Waals surface area contributed by atoms with Crippen molar-refractivity contribution < 1.29 is 22.9 Å². The number of hydrogen-bond donors (Lipinski definition) is 0. The van der Waals surface area contributed by atoms with Gasteiger partial charge < -0.3 is 14.3 Å². The first-order chi connectivity index (χ1) is 15.4. The van der Waals surface area contributed by atoms with Gasteiger partial charge in [0.25, 0.3) is 0 Å². The van der Waals surface area contributed by atoms with Gasteiger partial charge >= 0.3 is 0 Å². The van der Waals surface area contributed by atoms with E-state index in [1.54, 1.807) is 11.9 Å². The van der Waals surface area contributed by atoms with Crippen LogP contribution in [-0.2, 0) is 16.0 Å². The summed E-state index contributed by atoms with van der Waals surface area (Å²) in [5.74, 6) is -1.89. The monoisotopic (exact) mass is 439 g/mol. The van der Waals surface area contributed by atoms with Crippen molar-refractivity contribution in [2.24, 2.45) is 5.92 Å². The molecule has 1 atom stereocenters. The lowest BCUT2D eigenvalue weighted by molar-refractivity contribution is -0.134. The zero-order chi connectivity index (χ0) is 22.7. The number of aryl methyl sites for hydroxylation is 1. The van der Waals surface area contributed by atoms with Gasteiger partial charge in [-0.2, -0.15) is 0 Å². The molecule has 1 aliphatic rings. The van der Waals surface area contributed by atoms with E-state index in [1.807, 2.05) is 36.4 Å². The van der Waals surface area contributed by atoms with Crippen LogP contribution in [0.2, 0.25) is 0 Å². The summed E-state index contributed by atoms with van der Waals surface area (Å²) in [5.41, 5.74) is 1.74. The average Bonchev–Trinajstić information content (AvgIpc) is 3.41. The van der Waals surface area contributed by atoms with E-state index in [0.717, 1.165) is 29.2 Å². The summed E-state index contributed by atoms with van der Waals surface area (Å²) >= 11 is 0. The highest BCUT2D eigenvalue weighted by Gasteiger charge is 2.37. The summed E-state index contributed by atoms with van der Waals surface area (Å²) in [7, 11) is 1.68. The first kappa shape index (κ1) is 21.7. The molecule has 2 amide bonds. The second-order valence-corrected chi connectivity index (χ2v) is 7.91. The van der Waals surface area contributed by atoms with Gasteiger partial charge in [-0.25, -0.2) is 8.78 Å². The number of hydrogen-bond acceptors (Lipinski definition) is 4. The molecule has 0 radical (unpaired) electrons. The second-order valence-electron chi connectivity index (χ2n) is 7.91. The Hall–Kier alpha value is -3.55. The molecule has 1 aliphatic heterocycles. The number of carbonyl (C=O) groups is 2. The van der Waals surface area contributed by atoms with Crippen molar-refractivity contribution in [1.29, 1.82) is 0 Å². The summed E-state index contributed by atoms with van der Waals surface area (Å²) < 4.78 is 32.6. The van der Waals surface area contributed by atoms with Gasteiger partial charge in [0.2, 0.25) is 11.8 Å². The highest BCUT2D eigenvalue weighted by atomic mass is 19.1. The van der Waals surface area contributed by atoms with Crippen molar-refractivity contribution in [2.45, 2.75) is 19.3 Å². The number of benzene rings is 2. The van der Waals surface area contributed by atoms with Crippen LogP contribution in [0.5, 0.6) is 0 Å². The SMILES string of the molecule is CN(CCCc1cc(-c2ccccc2)no1)C(=O)C1CC(=O)N(c2ccc(F)cc2F)C1. The Morgan fingerprint density at radius 2 is 1.97 bits per heavy atom. The van der Waals surface area contributed by atoms with Gasteiger partial charge in [-0.1, -0.05) is 35.5 Å². The fourth-order valence-corrected chi connectivity index (χ4v) is 3.89. The van der Waals surface area contributed by atoms with Crippen LogP contribution in [0.4, 0.5) is 14.5 Å².